The van der Waals surface area contributed by atoms with Gasteiger partial charge >= 0.3 is 11.9 Å². The van der Waals surface area contributed by atoms with Crippen LogP contribution in [0.15, 0.2) is 42.5 Å². The predicted molar refractivity (Wildman–Crippen MR) is 120 cm³/mol. The Labute approximate surface area is 198 Å². The molecule has 0 aliphatic heterocycles. The number of ether oxygens (including phenoxy) is 2. The molecule has 3 aromatic carbocycles. The first-order valence-electron chi connectivity index (χ1n) is 10.5. The molecule has 0 spiro atoms. The van der Waals surface area contributed by atoms with Crippen LogP contribution in [0.4, 0.5) is 0 Å². The van der Waals surface area contributed by atoms with Gasteiger partial charge in [-0.15, -0.1) is 0 Å². The first-order chi connectivity index (χ1) is 16.5. The van der Waals surface area contributed by atoms with Crippen molar-refractivity contribution < 1.29 is 49.7 Å². The zero-order chi connectivity index (χ0) is 25.4. The summed E-state index contributed by atoms with van der Waals surface area (Å²) in [5.74, 6) is -4.66. The number of hydrogen-bond donors (Lipinski definition) is 6. The Morgan fingerprint density at radius 3 is 1.66 bits per heavy atom. The lowest BCUT2D eigenvalue weighted by molar-refractivity contribution is -0.0390. The molecule has 10 nitrogen and oxygen atoms in total. The van der Waals surface area contributed by atoms with Crippen molar-refractivity contribution in [3.05, 3.63) is 70.3 Å². The van der Waals surface area contributed by atoms with Gasteiger partial charge in [-0.2, -0.15) is 0 Å². The van der Waals surface area contributed by atoms with Crippen molar-refractivity contribution >= 4 is 11.9 Å². The Hall–Kier alpha value is -4.60. The fourth-order valence-corrected chi connectivity index (χ4v) is 3.87. The number of carbonyl (C=O) groups excluding carboxylic acids is 2. The number of phenolic OH excluding ortho intramolecular Hbond substituents is 6. The van der Waals surface area contributed by atoms with Crippen LogP contribution in [0, 0.1) is 6.92 Å². The van der Waals surface area contributed by atoms with E-state index in [0.29, 0.717) is 5.56 Å². The van der Waals surface area contributed by atoms with Gasteiger partial charge in [0.2, 0.25) is 0 Å². The van der Waals surface area contributed by atoms with Gasteiger partial charge in [-0.3, -0.25) is 0 Å². The monoisotopic (exact) mass is 482 g/mol. The summed E-state index contributed by atoms with van der Waals surface area (Å²) in [7, 11) is 0. The molecule has 0 unspecified atom stereocenters. The lowest BCUT2D eigenvalue weighted by Gasteiger charge is -2.32. The van der Waals surface area contributed by atoms with E-state index in [0.717, 1.165) is 29.8 Å². The van der Waals surface area contributed by atoms with Gasteiger partial charge < -0.3 is 40.1 Å². The van der Waals surface area contributed by atoms with Gasteiger partial charge in [0.15, 0.2) is 17.2 Å². The Bertz CT molecular complexity index is 1280. The number of hydrogen-bond acceptors (Lipinski definition) is 10. The molecule has 0 radical (unpaired) electrons. The van der Waals surface area contributed by atoms with Crippen molar-refractivity contribution in [1.82, 2.24) is 0 Å². The standard InChI is InChI=1S/C25H22O10/c1-11-17(27)5-14(6-18(11)28)24(32)34-21-9-12-2-3-16(26)4-13(12)10-22(21)35-25(33)15-7-19(29)23(31)20(30)8-15/h2-8,21-22,26-31H,9-10H2,1H3/t21-,22+/m1/s1. The summed E-state index contributed by atoms with van der Waals surface area (Å²) < 4.78 is 11.1. The fourth-order valence-electron chi connectivity index (χ4n) is 3.87. The first kappa shape index (κ1) is 23.6. The summed E-state index contributed by atoms with van der Waals surface area (Å²) in [5, 5.41) is 58.6. The van der Waals surface area contributed by atoms with E-state index >= 15 is 0 Å². The molecule has 0 heterocycles. The lowest BCUT2D eigenvalue weighted by atomic mass is 9.87. The van der Waals surface area contributed by atoms with E-state index in [-0.39, 0.29) is 46.8 Å². The number of rotatable bonds is 4. The Morgan fingerprint density at radius 1 is 0.686 bits per heavy atom. The summed E-state index contributed by atoms with van der Waals surface area (Å²) in [6.07, 6.45) is -1.79. The van der Waals surface area contributed by atoms with Crippen LogP contribution in [0.25, 0.3) is 0 Å². The van der Waals surface area contributed by atoms with E-state index in [1.54, 1.807) is 6.07 Å². The second kappa shape index (κ2) is 8.98. The molecule has 4 rings (SSSR count). The largest absolute Gasteiger partial charge is 0.508 e. The Morgan fingerprint density at radius 2 is 1.14 bits per heavy atom. The zero-order valence-corrected chi connectivity index (χ0v) is 18.4. The normalized spacial score (nSPS) is 16.8. The predicted octanol–water partition coefficient (Wildman–Crippen LogP) is 2.78. The molecule has 0 bridgehead atoms. The SMILES string of the molecule is Cc1c(O)cc(C(=O)O[C@@H]2Cc3ccc(O)cc3C[C@@H]2OC(=O)c2cc(O)c(O)c(O)c2)cc1O. The van der Waals surface area contributed by atoms with Crippen LogP contribution in [0.2, 0.25) is 0 Å². The van der Waals surface area contributed by atoms with Crippen LogP contribution in [0.3, 0.4) is 0 Å². The second-order valence-electron chi connectivity index (χ2n) is 8.25. The highest BCUT2D eigenvalue weighted by molar-refractivity contribution is 5.92. The second-order valence-corrected chi connectivity index (χ2v) is 8.25. The van der Waals surface area contributed by atoms with E-state index in [4.69, 9.17) is 9.47 Å². The van der Waals surface area contributed by atoms with Crippen LogP contribution in [0.1, 0.15) is 37.4 Å². The molecular formula is C25H22O10. The summed E-state index contributed by atoms with van der Waals surface area (Å²) >= 11 is 0. The molecule has 3 aromatic rings. The van der Waals surface area contributed by atoms with Crippen LogP contribution in [-0.2, 0) is 22.3 Å². The van der Waals surface area contributed by atoms with Gasteiger partial charge in [0, 0.05) is 18.4 Å². The quantitative estimate of drug-likeness (QED) is 0.240. The summed E-state index contributed by atoms with van der Waals surface area (Å²) in [4.78, 5) is 25.6. The van der Waals surface area contributed by atoms with Crippen LogP contribution in [-0.4, -0.2) is 54.8 Å². The van der Waals surface area contributed by atoms with Crippen LogP contribution >= 0.6 is 0 Å². The minimum absolute atomic E-state index is 0.00302. The molecule has 0 saturated carbocycles. The maximum Gasteiger partial charge on any atom is 0.338 e. The van der Waals surface area contributed by atoms with Crippen molar-refractivity contribution in [2.24, 2.45) is 0 Å². The van der Waals surface area contributed by atoms with Crippen molar-refractivity contribution in [1.29, 1.82) is 0 Å². The van der Waals surface area contributed by atoms with Crippen LogP contribution in [0.5, 0.6) is 34.5 Å². The summed E-state index contributed by atoms with van der Waals surface area (Å²) in [6, 6.07) is 8.76. The van der Waals surface area contributed by atoms with E-state index < -0.39 is 41.4 Å². The van der Waals surface area contributed by atoms with Gasteiger partial charge in [-0.25, -0.2) is 9.59 Å². The van der Waals surface area contributed by atoms with Crippen molar-refractivity contribution in [3.8, 4) is 34.5 Å². The molecule has 10 heteroatoms. The van der Waals surface area contributed by atoms with E-state index in [9.17, 15) is 40.2 Å². The van der Waals surface area contributed by atoms with E-state index in [1.807, 2.05) is 0 Å². The third-order valence-corrected chi connectivity index (χ3v) is 5.86. The van der Waals surface area contributed by atoms with Crippen molar-refractivity contribution in [2.45, 2.75) is 32.0 Å². The highest BCUT2D eigenvalue weighted by Crippen LogP contribution is 2.36. The zero-order valence-electron chi connectivity index (χ0n) is 18.4. The van der Waals surface area contributed by atoms with Gasteiger partial charge in [-0.05, 0) is 54.4 Å². The minimum Gasteiger partial charge on any atom is -0.508 e. The van der Waals surface area contributed by atoms with Crippen molar-refractivity contribution in [3.63, 3.8) is 0 Å². The molecular weight excluding hydrogens is 460 g/mol. The maximum absolute atomic E-state index is 12.8. The van der Waals surface area contributed by atoms with Gasteiger partial charge in [-0.1, -0.05) is 6.07 Å². The lowest BCUT2D eigenvalue weighted by Crippen LogP contribution is -2.41. The molecule has 35 heavy (non-hydrogen) atoms. The topological polar surface area (TPSA) is 174 Å². The highest BCUT2D eigenvalue weighted by Gasteiger charge is 2.35. The molecule has 0 amide bonds. The van der Waals surface area contributed by atoms with Crippen molar-refractivity contribution in [2.75, 3.05) is 0 Å². The molecule has 6 N–H and O–H groups in total. The molecule has 182 valence electrons. The van der Waals surface area contributed by atoms with E-state index in [2.05, 4.69) is 0 Å². The molecule has 2 atom stereocenters. The van der Waals surface area contributed by atoms with Gasteiger partial charge in [0.25, 0.3) is 0 Å². The molecule has 0 aromatic heterocycles. The maximum atomic E-state index is 12.8. The molecule has 0 saturated heterocycles. The average molecular weight is 482 g/mol. The number of carbonyl (C=O) groups is 2. The van der Waals surface area contributed by atoms with E-state index in [1.165, 1.54) is 19.1 Å². The first-order valence-corrected chi connectivity index (χ1v) is 10.5. The smallest absolute Gasteiger partial charge is 0.338 e. The molecule has 0 fully saturated rings. The number of benzene rings is 3. The summed E-state index contributed by atoms with van der Waals surface area (Å²) in [5.41, 5.74) is 1.25. The Kier molecular flexibility index (Phi) is 6.04. The van der Waals surface area contributed by atoms with Gasteiger partial charge in [0.1, 0.15) is 29.5 Å². The minimum atomic E-state index is -1.02. The third-order valence-electron chi connectivity index (χ3n) is 5.86. The summed E-state index contributed by atoms with van der Waals surface area (Å²) in [6.45, 7) is 1.47. The fraction of sp³-hybridized carbons (Fsp3) is 0.200. The van der Waals surface area contributed by atoms with Gasteiger partial charge in [0.05, 0.1) is 11.1 Å². The molecule has 1 aliphatic rings. The number of aromatic hydroxyl groups is 6. The third kappa shape index (κ3) is 4.72. The number of phenols is 6. The number of esters is 2. The van der Waals surface area contributed by atoms with Crippen LogP contribution < -0.4 is 0 Å². The Balaban J connectivity index is 1.62. The highest BCUT2D eigenvalue weighted by atomic mass is 16.6. The average Bonchev–Trinajstić information content (AvgIpc) is 2.80. The number of fused-ring (bicyclic) bond motifs is 1. The molecule has 1 aliphatic carbocycles.